The molecule has 1 fully saturated rings. The number of carbonyl (C=O) groups is 1. The van der Waals surface area contributed by atoms with Crippen LogP contribution in [0, 0.1) is 5.92 Å². The number of nitrogens with one attached hydrogen (secondary N) is 2. The Labute approximate surface area is 126 Å². The molecular weight excluding hydrogens is 266 g/mol. The zero-order chi connectivity index (χ0) is 15.1. The summed E-state index contributed by atoms with van der Waals surface area (Å²) in [7, 11) is 0. The quantitative estimate of drug-likeness (QED) is 0.835. The molecule has 1 aliphatic heterocycles. The summed E-state index contributed by atoms with van der Waals surface area (Å²) in [4.78, 5) is 14.2. The zero-order valence-electron chi connectivity index (χ0n) is 12.9. The van der Waals surface area contributed by atoms with Crippen LogP contribution in [0.5, 0.6) is 5.75 Å². The molecule has 0 saturated carbocycles. The highest BCUT2D eigenvalue weighted by atomic mass is 16.5. The Morgan fingerprint density at radius 3 is 2.86 bits per heavy atom. The molecule has 0 atom stereocenters. The van der Waals surface area contributed by atoms with E-state index in [2.05, 4.69) is 29.4 Å². The Kier molecular flexibility index (Phi) is 6.02. The Morgan fingerprint density at radius 1 is 1.38 bits per heavy atom. The van der Waals surface area contributed by atoms with E-state index in [0.717, 1.165) is 37.6 Å². The number of benzene rings is 1. The van der Waals surface area contributed by atoms with E-state index in [1.54, 1.807) is 0 Å². The van der Waals surface area contributed by atoms with Gasteiger partial charge in [-0.1, -0.05) is 19.9 Å². The van der Waals surface area contributed by atoms with Crippen LogP contribution in [0.2, 0.25) is 0 Å². The van der Waals surface area contributed by atoms with Gasteiger partial charge in [-0.15, -0.1) is 0 Å². The first kappa shape index (κ1) is 15.8. The van der Waals surface area contributed by atoms with Crippen molar-refractivity contribution in [1.82, 2.24) is 10.2 Å². The lowest BCUT2D eigenvalue weighted by Crippen LogP contribution is -2.46. The van der Waals surface area contributed by atoms with Gasteiger partial charge in [0.05, 0.1) is 13.2 Å². The summed E-state index contributed by atoms with van der Waals surface area (Å²) in [5.41, 5.74) is 0.788. The van der Waals surface area contributed by atoms with Crippen LogP contribution in [0.4, 0.5) is 5.69 Å². The lowest BCUT2D eigenvalue weighted by molar-refractivity contribution is -0.117. The molecule has 1 aromatic rings. The molecular formula is C16H25N3O2. The molecule has 1 aliphatic rings. The van der Waals surface area contributed by atoms with Crippen LogP contribution < -0.4 is 15.4 Å². The summed E-state index contributed by atoms with van der Waals surface area (Å²) in [6.07, 6.45) is 0. The van der Waals surface area contributed by atoms with Crippen molar-refractivity contribution in [1.29, 1.82) is 0 Å². The van der Waals surface area contributed by atoms with Gasteiger partial charge in [0, 0.05) is 37.9 Å². The van der Waals surface area contributed by atoms with E-state index in [9.17, 15) is 4.79 Å². The maximum atomic E-state index is 12.0. The maximum Gasteiger partial charge on any atom is 0.238 e. The van der Waals surface area contributed by atoms with Gasteiger partial charge in [-0.25, -0.2) is 0 Å². The first-order chi connectivity index (χ1) is 10.1. The lowest BCUT2D eigenvalue weighted by Gasteiger charge is -2.26. The summed E-state index contributed by atoms with van der Waals surface area (Å²) in [6.45, 7) is 9.09. The van der Waals surface area contributed by atoms with Crippen LogP contribution in [-0.2, 0) is 4.79 Å². The molecule has 0 radical (unpaired) electrons. The predicted molar refractivity (Wildman–Crippen MR) is 84.7 cm³/mol. The standard InChI is InChI=1S/C16H25N3O2/c1-13(2)12-21-15-5-3-4-14(10-15)18-16(20)11-19-8-6-17-7-9-19/h3-5,10,13,17H,6-9,11-12H2,1-2H3,(H,18,20). The van der Waals surface area contributed by atoms with Crippen molar-refractivity contribution in [3.8, 4) is 5.75 Å². The molecule has 0 spiro atoms. The van der Waals surface area contributed by atoms with E-state index in [4.69, 9.17) is 4.74 Å². The number of hydrogen-bond acceptors (Lipinski definition) is 4. The van der Waals surface area contributed by atoms with Crippen LogP contribution in [0.3, 0.4) is 0 Å². The molecule has 1 saturated heterocycles. The lowest BCUT2D eigenvalue weighted by atomic mass is 10.2. The average Bonchev–Trinajstić information content (AvgIpc) is 2.46. The minimum Gasteiger partial charge on any atom is -0.493 e. The fourth-order valence-corrected chi connectivity index (χ4v) is 2.20. The first-order valence-corrected chi connectivity index (χ1v) is 7.59. The molecule has 5 nitrogen and oxygen atoms in total. The third-order valence-corrected chi connectivity index (χ3v) is 3.28. The zero-order valence-corrected chi connectivity index (χ0v) is 12.9. The molecule has 0 bridgehead atoms. The van der Waals surface area contributed by atoms with E-state index in [0.29, 0.717) is 19.1 Å². The average molecular weight is 291 g/mol. The number of hydrogen-bond donors (Lipinski definition) is 2. The predicted octanol–water partition coefficient (Wildman–Crippen LogP) is 1.57. The van der Waals surface area contributed by atoms with Crippen molar-refractivity contribution in [3.63, 3.8) is 0 Å². The van der Waals surface area contributed by atoms with Gasteiger partial charge in [-0.2, -0.15) is 0 Å². The van der Waals surface area contributed by atoms with Crippen molar-refractivity contribution in [2.45, 2.75) is 13.8 Å². The van der Waals surface area contributed by atoms with Crippen LogP contribution in [-0.4, -0.2) is 50.1 Å². The Bertz CT molecular complexity index is 457. The number of carbonyl (C=O) groups excluding carboxylic acids is 1. The molecule has 1 aromatic carbocycles. The molecule has 1 amide bonds. The largest absolute Gasteiger partial charge is 0.493 e. The molecule has 2 rings (SSSR count). The van der Waals surface area contributed by atoms with E-state index in [1.807, 2.05) is 24.3 Å². The van der Waals surface area contributed by atoms with E-state index in [1.165, 1.54) is 0 Å². The highest BCUT2D eigenvalue weighted by Gasteiger charge is 2.13. The molecule has 21 heavy (non-hydrogen) atoms. The topological polar surface area (TPSA) is 53.6 Å². The molecule has 116 valence electrons. The Balaban J connectivity index is 1.83. The van der Waals surface area contributed by atoms with Crippen LogP contribution in [0.25, 0.3) is 0 Å². The van der Waals surface area contributed by atoms with Gasteiger partial charge >= 0.3 is 0 Å². The SMILES string of the molecule is CC(C)COc1cccc(NC(=O)CN2CCNCC2)c1. The van der Waals surface area contributed by atoms with Crippen LogP contribution >= 0.6 is 0 Å². The van der Waals surface area contributed by atoms with Gasteiger partial charge in [0.2, 0.25) is 5.91 Å². The van der Waals surface area contributed by atoms with Gasteiger partial charge in [-0.3, -0.25) is 9.69 Å². The maximum absolute atomic E-state index is 12.0. The van der Waals surface area contributed by atoms with E-state index in [-0.39, 0.29) is 5.91 Å². The summed E-state index contributed by atoms with van der Waals surface area (Å²) in [6, 6.07) is 7.57. The monoisotopic (exact) mass is 291 g/mol. The number of anilines is 1. The summed E-state index contributed by atoms with van der Waals surface area (Å²) in [5, 5.41) is 6.21. The minimum absolute atomic E-state index is 0.0258. The number of ether oxygens (including phenoxy) is 1. The fourth-order valence-electron chi connectivity index (χ4n) is 2.20. The van der Waals surface area contributed by atoms with Crippen molar-refractivity contribution in [2.24, 2.45) is 5.92 Å². The van der Waals surface area contributed by atoms with Gasteiger partial charge < -0.3 is 15.4 Å². The van der Waals surface area contributed by atoms with Gasteiger partial charge in [0.15, 0.2) is 0 Å². The summed E-state index contributed by atoms with van der Waals surface area (Å²) in [5.74, 6) is 1.30. The molecule has 2 N–H and O–H groups in total. The minimum atomic E-state index is 0.0258. The molecule has 0 aliphatic carbocycles. The van der Waals surface area contributed by atoms with Crippen molar-refractivity contribution >= 4 is 11.6 Å². The van der Waals surface area contributed by atoms with E-state index >= 15 is 0 Å². The Hall–Kier alpha value is -1.59. The molecule has 5 heteroatoms. The Morgan fingerprint density at radius 2 is 2.14 bits per heavy atom. The van der Waals surface area contributed by atoms with Gasteiger partial charge in [-0.05, 0) is 18.1 Å². The number of rotatable bonds is 6. The van der Waals surface area contributed by atoms with E-state index < -0.39 is 0 Å². The second kappa shape index (κ2) is 8.00. The first-order valence-electron chi connectivity index (χ1n) is 7.59. The smallest absolute Gasteiger partial charge is 0.238 e. The number of nitrogens with zero attached hydrogens (tertiary/aromatic N) is 1. The molecule has 0 aromatic heterocycles. The second-order valence-corrected chi connectivity index (χ2v) is 5.81. The third-order valence-electron chi connectivity index (χ3n) is 3.28. The van der Waals surface area contributed by atoms with Gasteiger partial charge in [0.1, 0.15) is 5.75 Å². The van der Waals surface area contributed by atoms with Crippen LogP contribution in [0.15, 0.2) is 24.3 Å². The number of piperazine rings is 1. The molecule has 0 unspecified atom stereocenters. The van der Waals surface area contributed by atoms with Crippen molar-refractivity contribution in [3.05, 3.63) is 24.3 Å². The second-order valence-electron chi connectivity index (χ2n) is 5.81. The third kappa shape index (κ3) is 5.73. The molecule has 1 heterocycles. The number of amides is 1. The van der Waals surface area contributed by atoms with Crippen molar-refractivity contribution in [2.75, 3.05) is 44.6 Å². The fraction of sp³-hybridized carbons (Fsp3) is 0.562. The highest BCUT2D eigenvalue weighted by Crippen LogP contribution is 2.18. The summed E-state index contributed by atoms with van der Waals surface area (Å²) < 4.78 is 5.67. The van der Waals surface area contributed by atoms with Crippen LogP contribution in [0.1, 0.15) is 13.8 Å². The normalized spacial score (nSPS) is 16.0. The van der Waals surface area contributed by atoms with Crippen molar-refractivity contribution < 1.29 is 9.53 Å². The van der Waals surface area contributed by atoms with Gasteiger partial charge in [0.25, 0.3) is 0 Å². The highest BCUT2D eigenvalue weighted by molar-refractivity contribution is 5.92. The summed E-state index contributed by atoms with van der Waals surface area (Å²) >= 11 is 0.